The molecule has 62 heavy (non-hydrogen) atoms. The fourth-order valence-electron chi connectivity index (χ4n) is 7.00. The fourth-order valence-corrected chi connectivity index (χ4v) is 7.00. The number of aliphatic hydroxyl groups is 1. The molecule has 0 aromatic carbocycles. The van der Waals surface area contributed by atoms with Crippen molar-refractivity contribution < 1.29 is 24.2 Å². The Bertz CT molecular complexity index is 1200. The van der Waals surface area contributed by atoms with Crippen molar-refractivity contribution in [3.63, 3.8) is 0 Å². The van der Waals surface area contributed by atoms with E-state index in [2.05, 4.69) is 111 Å². The van der Waals surface area contributed by atoms with Gasteiger partial charge in [-0.15, -0.1) is 0 Å². The van der Waals surface area contributed by atoms with E-state index in [-0.39, 0.29) is 25.2 Å². The summed E-state index contributed by atoms with van der Waals surface area (Å²) in [7, 11) is 0. The molecule has 5 heteroatoms. The highest BCUT2D eigenvalue weighted by Crippen LogP contribution is 2.15. The molecule has 0 aliphatic carbocycles. The van der Waals surface area contributed by atoms with E-state index in [0.29, 0.717) is 12.8 Å². The van der Waals surface area contributed by atoms with Crippen LogP contribution in [0.25, 0.3) is 0 Å². The molecule has 5 nitrogen and oxygen atoms in total. The van der Waals surface area contributed by atoms with Gasteiger partial charge in [-0.25, -0.2) is 0 Å². The number of hydrogen-bond donors (Lipinski definition) is 1. The van der Waals surface area contributed by atoms with Crippen molar-refractivity contribution in [1.29, 1.82) is 0 Å². The van der Waals surface area contributed by atoms with Crippen LogP contribution in [0.4, 0.5) is 0 Å². The molecule has 0 aliphatic heterocycles. The predicted octanol–water partition coefficient (Wildman–Crippen LogP) is 17.2. The third-order valence-electron chi connectivity index (χ3n) is 10.9. The number of esters is 2. The number of allylic oxidation sites excluding steroid dienone is 16. The number of aliphatic hydroxyl groups excluding tert-OH is 1. The molecule has 1 atom stereocenters. The largest absolute Gasteiger partial charge is 0.462 e. The Labute approximate surface area is 383 Å². The molecule has 0 rings (SSSR count). The van der Waals surface area contributed by atoms with E-state index in [1.165, 1.54) is 116 Å². The van der Waals surface area contributed by atoms with Crippen molar-refractivity contribution in [1.82, 2.24) is 0 Å². The van der Waals surface area contributed by atoms with E-state index in [1.54, 1.807) is 0 Å². The molecule has 0 spiro atoms. The van der Waals surface area contributed by atoms with Gasteiger partial charge in [0, 0.05) is 12.8 Å². The van der Waals surface area contributed by atoms with Crippen molar-refractivity contribution in [3.05, 3.63) is 97.2 Å². The molecule has 0 radical (unpaired) electrons. The predicted molar refractivity (Wildman–Crippen MR) is 269 cm³/mol. The van der Waals surface area contributed by atoms with Crippen molar-refractivity contribution in [2.45, 2.75) is 238 Å². The molecule has 0 bridgehead atoms. The molecule has 0 saturated heterocycles. The van der Waals surface area contributed by atoms with Crippen LogP contribution in [0.5, 0.6) is 0 Å². The maximum atomic E-state index is 12.2. The lowest BCUT2D eigenvalue weighted by Crippen LogP contribution is -2.28. The lowest BCUT2D eigenvalue weighted by Gasteiger charge is -2.15. The third-order valence-corrected chi connectivity index (χ3v) is 10.9. The summed E-state index contributed by atoms with van der Waals surface area (Å²) in [5.74, 6) is -0.631. The Balaban J connectivity index is 3.55. The monoisotopic (exact) mass is 861 g/mol. The Morgan fingerprint density at radius 1 is 0.387 bits per heavy atom. The highest BCUT2D eigenvalue weighted by molar-refractivity contribution is 5.70. The zero-order valence-corrected chi connectivity index (χ0v) is 40.4. The van der Waals surface area contributed by atoms with Gasteiger partial charge in [0.15, 0.2) is 6.10 Å². The topological polar surface area (TPSA) is 72.8 Å². The van der Waals surface area contributed by atoms with Gasteiger partial charge in [-0.2, -0.15) is 0 Å². The van der Waals surface area contributed by atoms with Gasteiger partial charge >= 0.3 is 11.9 Å². The summed E-state index contributed by atoms with van der Waals surface area (Å²) in [6, 6.07) is 0. The molecule has 1 N–H and O–H groups in total. The van der Waals surface area contributed by atoms with E-state index in [0.717, 1.165) is 89.9 Å². The Kier molecular flexibility index (Phi) is 49.5. The molecule has 0 aromatic heterocycles. The summed E-state index contributed by atoms with van der Waals surface area (Å²) < 4.78 is 10.7. The quantitative estimate of drug-likeness (QED) is 0.0375. The second-order valence-corrected chi connectivity index (χ2v) is 16.9. The van der Waals surface area contributed by atoms with Crippen LogP contribution in [0, 0.1) is 0 Å². The summed E-state index contributed by atoms with van der Waals surface area (Å²) in [5.41, 5.74) is 0. The molecule has 0 heterocycles. The van der Waals surface area contributed by atoms with E-state index >= 15 is 0 Å². The van der Waals surface area contributed by atoms with Gasteiger partial charge < -0.3 is 14.6 Å². The normalized spacial score (nSPS) is 13.0. The van der Waals surface area contributed by atoms with Crippen LogP contribution in [0.15, 0.2) is 97.2 Å². The first-order valence-corrected chi connectivity index (χ1v) is 25.8. The van der Waals surface area contributed by atoms with Gasteiger partial charge in [0.1, 0.15) is 6.61 Å². The SMILES string of the molecule is CC/C=C\C/C=C\C/C=C\C/C=C\C/C=C\CCCCCC(=O)OC(CO)COC(=O)CCCCCCCCCCCCCCCC/C=C\C/C=C\C/C=C\CCCCCCC. The summed E-state index contributed by atoms with van der Waals surface area (Å²) in [6.45, 7) is 3.99. The van der Waals surface area contributed by atoms with E-state index in [4.69, 9.17) is 9.47 Å². The van der Waals surface area contributed by atoms with Crippen LogP contribution in [0.3, 0.4) is 0 Å². The van der Waals surface area contributed by atoms with Gasteiger partial charge in [0.2, 0.25) is 0 Å². The minimum atomic E-state index is -0.796. The van der Waals surface area contributed by atoms with E-state index in [9.17, 15) is 14.7 Å². The van der Waals surface area contributed by atoms with Gasteiger partial charge in [-0.1, -0.05) is 220 Å². The Morgan fingerprint density at radius 2 is 0.694 bits per heavy atom. The van der Waals surface area contributed by atoms with Crippen LogP contribution in [-0.2, 0) is 19.1 Å². The van der Waals surface area contributed by atoms with Crippen LogP contribution in [0.1, 0.15) is 232 Å². The summed E-state index contributed by atoms with van der Waals surface area (Å²) in [5, 5.41) is 9.62. The second kappa shape index (κ2) is 52.2. The van der Waals surface area contributed by atoms with Gasteiger partial charge in [0.25, 0.3) is 0 Å². The number of carbonyl (C=O) groups is 2. The zero-order chi connectivity index (χ0) is 44.9. The van der Waals surface area contributed by atoms with Crippen LogP contribution in [0.2, 0.25) is 0 Å². The van der Waals surface area contributed by atoms with Gasteiger partial charge in [-0.05, 0) is 96.3 Å². The molecule has 354 valence electrons. The highest BCUT2D eigenvalue weighted by atomic mass is 16.6. The zero-order valence-electron chi connectivity index (χ0n) is 40.4. The first-order valence-electron chi connectivity index (χ1n) is 25.8. The number of ether oxygens (including phenoxy) is 2. The summed E-state index contributed by atoms with van der Waals surface area (Å²) in [6.07, 6.45) is 73.6. The van der Waals surface area contributed by atoms with Crippen LogP contribution >= 0.6 is 0 Å². The van der Waals surface area contributed by atoms with E-state index < -0.39 is 6.10 Å². The average Bonchev–Trinajstić information content (AvgIpc) is 3.28. The van der Waals surface area contributed by atoms with E-state index in [1.807, 2.05) is 0 Å². The first-order chi connectivity index (χ1) is 30.6. The third kappa shape index (κ3) is 49.5. The minimum Gasteiger partial charge on any atom is -0.462 e. The van der Waals surface area contributed by atoms with Crippen molar-refractivity contribution in [2.75, 3.05) is 13.2 Å². The van der Waals surface area contributed by atoms with Gasteiger partial charge in [-0.3, -0.25) is 9.59 Å². The summed E-state index contributed by atoms with van der Waals surface area (Å²) >= 11 is 0. The molecule has 0 saturated carbocycles. The lowest BCUT2D eigenvalue weighted by atomic mass is 10.0. The van der Waals surface area contributed by atoms with Crippen molar-refractivity contribution >= 4 is 11.9 Å². The molecule has 0 aliphatic rings. The molecular weight excluding hydrogens is 765 g/mol. The smallest absolute Gasteiger partial charge is 0.306 e. The maximum absolute atomic E-state index is 12.2. The summed E-state index contributed by atoms with van der Waals surface area (Å²) in [4.78, 5) is 24.4. The first kappa shape index (κ1) is 58.8. The number of hydrogen-bond acceptors (Lipinski definition) is 5. The molecule has 0 aromatic rings. The van der Waals surface area contributed by atoms with Crippen LogP contribution in [-0.4, -0.2) is 36.4 Å². The molecule has 0 amide bonds. The fraction of sp³-hybridized carbons (Fsp3) is 0.684. The average molecular weight is 861 g/mol. The lowest BCUT2D eigenvalue weighted by molar-refractivity contribution is -0.161. The highest BCUT2D eigenvalue weighted by Gasteiger charge is 2.16. The Hall–Kier alpha value is -3.18. The number of unbranched alkanes of at least 4 members (excludes halogenated alkanes) is 22. The number of carbonyl (C=O) groups excluding carboxylic acids is 2. The maximum Gasteiger partial charge on any atom is 0.306 e. The molecule has 0 fully saturated rings. The molecule has 1 unspecified atom stereocenters. The standard InChI is InChI=1S/C57H96O5/c1-3-5-7-9-11-13-15-17-19-21-23-24-25-26-27-28-29-30-31-32-34-35-37-39-41-43-45-47-49-51-56(59)61-54-55(53-58)62-57(60)52-50-48-46-44-42-40-38-36-33-22-20-18-16-14-12-10-8-6-4-2/h6,8,12,14-15,17-18,20-21,23,25-26,33,36,40,42,55,58H,3-5,7,9-11,13,16,19,22,24,27-32,34-35,37-39,41,43-54H2,1-2H3/b8-6-,14-12-,17-15-,20-18-,23-21-,26-25-,36-33-,42-40-. The van der Waals surface area contributed by atoms with Gasteiger partial charge in [0.05, 0.1) is 6.61 Å². The second-order valence-electron chi connectivity index (χ2n) is 16.9. The van der Waals surface area contributed by atoms with Crippen molar-refractivity contribution in [2.24, 2.45) is 0 Å². The van der Waals surface area contributed by atoms with Crippen molar-refractivity contribution in [3.8, 4) is 0 Å². The minimum absolute atomic E-state index is 0.0843. The Morgan fingerprint density at radius 3 is 1.06 bits per heavy atom. The molecular formula is C57H96O5. The van der Waals surface area contributed by atoms with Crippen LogP contribution < -0.4 is 0 Å². The number of rotatable bonds is 46.